The molecule has 0 spiro atoms. The van der Waals surface area contributed by atoms with Crippen LogP contribution in [0.1, 0.15) is 38.2 Å². The van der Waals surface area contributed by atoms with Crippen molar-refractivity contribution in [3.63, 3.8) is 0 Å². The maximum atomic E-state index is 13.7. The number of benzene rings is 3. The summed E-state index contributed by atoms with van der Waals surface area (Å²) in [7, 11) is -2.49. The van der Waals surface area contributed by atoms with Gasteiger partial charge in [-0.1, -0.05) is 56.3 Å². The van der Waals surface area contributed by atoms with E-state index in [1.54, 1.807) is 12.1 Å². The van der Waals surface area contributed by atoms with E-state index in [0.717, 1.165) is 24.1 Å². The monoisotopic (exact) mass is 588 g/mol. The molecule has 0 saturated carbocycles. The Kier molecular flexibility index (Phi) is 9.06. The van der Waals surface area contributed by atoms with E-state index in [-0.39, 0.29) is 17.5 Å². The minimum absolute atomic E-state index is 0.0716. The Morgan fingerprint density at radius 1 is 1.07 bits per heavy atom. The van der Waals surface area contributed by atoms with E-state index >= 15 is 0 Å². The molecule has 4 aromatic rings. The van der Waals surface area contributed by atoms with Crippen molar-refractivity contribution in [3.8, 4) is 22.7 Å². The van der Waals surface area contributed by atoms with Crippen molar-refractivity contribution in [2.24, 2.45) is 0 Å². The molecule has 1 aliphatic heterocycles. The molecule has 0 aliphatic carbocycles. The van der Waals surface area contributed by atoms with Crippen LogP contribution in [-0.2, 0) is 19.6 Å². The Labute approximate surface area is 247 Å². The van der Waals surface area contributed by atoms with E-state index in [2.05, 4.69) is 31.3 Å². The quantitative estimate of drug-likeness (QED) is 0.249. The van der Waals surface area contributed by atoms with Gasteiger partial charge in [-0.05, 0) is 60.7 Å². The first-order chi connectivity index (χ1) is 20.2. The van der Waals surface area contributed by atoms with Gasteiger partial charge >= 0.3 is 0 Å². The lowest BCUT2D eigenvalue weighted by Crippen LogP contribution is -2.42. The first-order valence-electron chi connectivity index (χ1n) is 14.1. The maximum Gasteiger partial charge on any atom is 0.243 e. The van der Waals surface area contributed by atoms with Crippen molar-refractivity contribution in [1.29, 1.82) is 0 Å². The van der Waals surface area contributed by atoms with Crippen LogP contribution < -0.4 is 10.1 Å². The van der Waals surface area contributed by atoms with Crippen molar-refractivity contribution in [3.05, 3.63) is 90.6 Å². The van der Waals surface area contributed by atoms with Crippen LogP contribution >= 0.6 is 0 Å². The topological polar surface area (TPSA) is 103 Å². The average molecular weight is 589 g/mol. The lowest BCUT2D eigenvalue weighted by molar-refractivity contribution is -0.116. The summed E-state index contributed by atoms with van der Waals surface area (Å²) < 4.78 is 41.3. The van der Waals surface area contributed by atoms with Gasteiger partial charge in [-0.3, -0.25) is 14.7 Å². The highest BCUT2D eigenvalue weighted by atomic mass is 32.2. The normalized spacial score (nSPS) is 15.3. The summed E-state index contributed by atoms with van der Waals surface area (Å²) in [6, 6.07) is 23.9. The number of imidazole rings is 1. The van der Waals surface area contributed by atoms with Crippen LogP contribution in [0.4, 0.5) is 5.95 Å². The number of anilines is 1. The van der Waals surface area contributed by atoms with Crippen LogP contribution in [0.3, 0.4) is 0 Å². The second-order valence-electron chi connectivity index (χ2n) is 10.6. The minimum atomic E-state index is -4.00. The first kappa shape index (κ1) is 29.5. The molecule has 3 aromatic carbocycles. The number of nitrogens with zero attached hydrogens (tertiary/aromatic N) is 3. The molecule has 10 heteroatoms. The van der Waals surface area contributed by atoms with Crippen LogP contribution in [0.15, 0.2) is 90.0 Å². The van der Waals surface area contributed by atoms with Gasteiger partial charge < -0.3 is 9.47 Å². The number of aromatic nitrogens is 2. The summed E-state index contributed by atoms with van der Waals surface area (Å²) in [6.45, 7) is 4.51. The van der Waals surface area contributed by atoms with Crippen LogP contribution in [0, 0.1) is 0 Å². The van der Waals surface area contributed by atoms with Crippen molar-refractivity contribution >= 4 is 21.9 Å². The Balaban J connectivity index is 1.44. The number of hydrogen-bond acceptors (Lipinski definition) is 6. The molecule has 0 bridgehead atoms. The first-order valence-corrected chi connectivity index (χ1v) is 15.5. The number of carbonyl (C=O) groups is 1. The van der Waals surface area contributed by atoms with Gasteiger partial charge in [-0.15, -0.1) is 0 Å². The highest BCUT2D eigenvalue weighted by molar-refractivity contribution is 7.89. The third-order valence-electron chi connectivity index (χ3n) is 7.31. The van der Waals surface area contributed by atoms with Crippen molar-refractivity contribution in [2.75, 3.05) is 32.1 Å². The van der Waals surface area contributed by atoms with Crippen LogP contribution in [-0.4, -0.2) is 61.1 Å². The van der Waals surface area contributed by atoms with E-state index in [0.29, 0.717) is 29.9 Å². The minimum Gasteiger partial charge on any atom is -0.497 e. The van der Waals surface area contributed by atoms with Crippen LogP contribution in [0.25, 0.3) is 16.9 Å². The smallest absolute Gasteiger partial charge is 0.243 e. The van der Waals surface area contributed by atoms with Gasteiger partial charge in [-0.25, -0.2) is 13.4 Å². The SMILES string of the molecule is COc1ccc(S(=O)(=O)N(CC(=O)Nc2nc(-c3ccccc3)cn2-c2ccc(C(C)C)cc2)C[C@@H]2CCCO2)cc1. The van der Waals surface area contributed by atoms with Gasteiger partial charge in [0.2, 0.25) is 21.9 Å². The largest absolute Gasteiger partial charge is 0.497 e. The Morgan fingerprint density at radius 3 is 2.40 bits per heavy atom. The standard InChI is InChI=1S/C32H36N4O5S/c1-23(2)24-11-13-26(14-12-24)36-21-30(25-8-5-4-6-9-25)33-32(36)34-31(37)22-35(20-28-10-7-19-41-28)42(38,39)29-17-15-27(40-3)16-18-29/h4-6,8-9,11-18,21,23,28H,7,10,19-20,22H2,1-3H3,(H,33,34,37)/t28-/m0/s1. The fraction of sp³-hybridized carbons (Fsp3) is 0.312. The number of amides is 1. The van der Waals surface area contributed by atoms with E-state index in [9.17, 15) is 13.2 Å². The molecule has 0 radical (unpaired) electrons. The maximum absolute atomic E-state index is 13.7. The molecule has 1 amide bonds. The van der Waals surface area contributed by atoms with Gasteiger partial charge in [0, 0.05) is 30.6 Å². The van der Waals surface area contributed by atoms with Crippen LogP contribution in [0.2, 0.25) is 0 Å². The molecule has 0 unspecified atom stereocenters. The zero-order valence-corrected chi connectivity index (χ0v) is 24.9. The Bertz CT molecular complexity index is 1600. The fourth-order valence-electron chi connectivity index (χ4n) is 4.92. The number of rotatable bonds is 11. The number of carbonyl (C=O) groups excluding carboxylic acids is 1. The van der Waals surface area contributed by atoms with Gasteiger partial charge in [-0.2, -0.15) is 4.31 Å². The average Bonchev–Trinajstić information content (AvgIpc) is 3.67. The van der Waals surface area contributed by atoms with Gasteiger partial charge in [0.1, 0.15) is 5.75 Å². The van der Waals surface area contributed by atoms with Crippen molar-refractivity contribution in [2.45, 2.75) is 43.6 Å². The number of sulfonamides is 1. The molecule has 1 fully saturated rings. The summed E-state index contributed by atoms with van der Waals surface area (Å²) in [5.74, 6) is 0.716. The number of nitrogens with one attached hydrogen (secondary N) is 1. The van der Waals surface area contributed by atoms with E-state index < -0.39 is 22.5 Å². The molecule has 1 atom stereocenters. The predicted molar refractivity (Wildman–Crippen MR) is 162 cm³/mol. The molecule has 220 valence electrons. The number of hydrogen-bond donors (Lipinski definition) is 1. The molecule has 1 N–H and O–H groups in total. The summed E-state index contributed by atoms with van der Waals surface area (Å²) in [5.41, 5.74) is 3.60. The molecule has 5 rings (SSSR count). The second kappa shape index (κ2) is 12.9. The molecule has 9 nitrogen and oxygen atoms in total. The molecular formula is C32H36N4O5S. The van der Waals surface area contributed by atoms with Crippen LogP contribution in [0.5, 0.6) is 5.75 Å². The molecule has 1 saturated heterocycles. The molecule has 42 heavy (non-hydrogen) atoms. The highest BCUT2D eigenvalue weighted by Gasteiger charge is 2.31. The second-order valence-corrected chi connectivity index (χ2v) is 12.5. The van der Waals surface area contributed by atoms with E-state index in [1.165, 1.54) is 29.1 Å². The Morgan fingerprint density at radius 2 is 1.79 bits per heavy atom. The number of ether oxygens (including phenoxy) is 2. The highest BCUT2D eigenvalue weighted by Crippen LogP contribution is 2.27. The fourth-order valence-corrected chi connectivity index (χ4v) is 6.35. The van der Waals surface area contributed by atoms with E-state index in [4.69, 9.17) is 14.5 Å². The van der Waals surface area contributed by atoms with Crippen molar-refractivity contribution < 1.29 is 22.7 Å². The predicted octanol–water partition coefficient (Wildman–Crippen LogP) is 5.48. The van der Waals surface area contributed by atoms with Gasteiger partial charge in [0.25, 0.3) is 0 Å². The summed E-state index contributed by atoms with van der Waals surface area (Å²) in [6.07, 6.45) is 3.17. The zero-order valence-electron chi connectivity index (χ0n) is 24.1. The molecule has 2 heterocycles. The van der Waals surface area contributed by atoms with E-state index in [1.807, 2.05) is 53.2 Å². The Hall–Kier alpha value is -3.99. The van der Waals surface area contributed by atoms with Gasteiger partial charge in [0.05, 0.1) is 30.3 Å². The van der Waals surface area contributed by atoms with Crippen molar-refractivity contribution in [1.82, 2.24) is 13.9 Å². The summed E-state index contributed by atoms with van der Waals surface area (Å²) in [4.78, 5) is 18.3. The lowest BCUT2D eigenvalue weighted by atomic mass is 10.0. The summed E-state index contributed by atoms with van der Waals surface area (Å²) >= 11 is 0. The third-order valence-corrected chi connectivity index (χ3v) is 9.14. The molecule has 1 aliphatic rings. The van der Waals surface area contributed by atoms with Gasteiger partial charge in [0.15, 0.2) is 0 Å². The lowest BCUT2D eigenvalue weighted by Gasteiger charge is -2.24. The molecule has 1 aromatic heterocycles. The third kappa shape index (κ3) is 6.73. The number of methoxy groups -OCH3 is 1. The summed E-state index contributed by atoms with van der Waals surface area (Å²) in [5, 5.41) is 2.88. The zero-order chi connectivity index (χ0) is 29.7. The molecular weight excluding hydrogens is 552 g/mol.